The Labute approximate surface area is 172 Å². The molecule has 0 saturated carbocycles. The average molecular weight is 484 g/mol. The number of amides is 1. The van der Waals surface area contributed by atoms with Gasteiger partial charge in [0.1, 0.15) is 24.1 Å². The number of sulfone groups is 1. The van der Waals surface area contributed by atoms with Crippen LogP contribution in [-0.4, -0.2) is 45.2 Å². The van der Waals surface area contributed by atoms with E-state index in [9.17, 15) is 22.4 Å². The summed E-state index contributed by atoms with van der Waals surface area (Å²) in [4.78, 5) is 29.1. The second-order valence-corrected chi connectivity index (χ2v) is 9.88. The highest BCUT2D eigenvalue weighted by Gasteiger charge is 2.31. The predicted octanol–water partition coefficient (Wildman–Crippen LogP) is 1.49. The molecule has 1 saturated heterocycles. The molecule has 1 N–H and O–H groups in total. The number of rotatable bonds is 4. The van der Waals surface area contributed by atoms with Crippen molar-refractivity contribution in [2.75, 3.05) is 16.8 Å². The molecule has 3 heterocycles. The van der Waals surface area contributed by atoms with Gasteiger partial charge in [-0.2, -0.15) is 5.10 Å². The highest BCUT2D eigenvalue weighted by molar-refractivity contribution is 9.10. The largest absolute Gasteiger partial charge is 0.322 e. The molecule has 1 atom stereocenters. The van der Waals surface area contributed by atoms with E-state index in [2.05, 4.69) is 31.3 Å². The van der Waals surface area contributed by atoms with Crippen LogP contribution >= 0.6 is 15.9 Å². The molecule has 1 amide bonds. The molecular weight excluding hydrogens is 469 g/mol. The monoisotopic (exact) mass is 483 g/mol. The van der Waals surface area contributed by atoms with Gasteiger partial charge < -0.3 is 5.32 Å². The van der Waals surface area contributed by atoms with Gasteiger partial charge in [0.05, 0.1) is 29.4 Å². The topological polar surface area (TPSA) is 116 Å². The van der Waals surface area contributed by atoms with Crippen LogP contribution in [-0.2, 0) is 21.2 Å². The van der Waals surface area contributed by atoms with Crippen LogP contribution in [0.3, 0.4) is 0 Å². The molecule has 0 bridgehead atoms. The predicted molar refractivity (Wildman–Crippen MR) is 107 cm³/mol. The Balaban J connectivity index is 1.57. The number of carbonyl (C=O) groups is 1. The summed E-state index contributed by atoms with van der Waals surface area (Å²) in [5.74, 6) is -1.18. The number of carbonyl (C=O) groups excluding carboxylic acids is 1. The number of hydrogen-bond acceptors (Lipinski definition) is 6. The first-order valence-electron chi connectivity index (χ1n) is 8.61. The summed E-state index contributed by atoms with van der Waals surface area (Å²) in [6.45, 7) is -0.361. The minimum atomic E-state index is -3.12. The van der Waals surface area contributed by atoms with Crippen molar-refractivity contribution < 1.29 is 17.6 Å². The van der Waals surface area contributed by atoms with E-state index in [1.54, 1.807) is 6.07 Å². The van der Waals surface area contributed by atoms with Gasteiger partial charge in [0.25, 0.3) is 5.56 Å². The Hall–Kier alpha value is -2.60. The molecular formula is C17H15BrFN5O4S. The van der Waals surface area contributed by atoms with Crippen molar-refractivity contribution in [3.63, 3.8) is 0 Å². The first-order chi connectivity index (χ1) is 13.7. The zero-order valence-electron chi connectivity index (χ0n) is 14.9. The molecule has 1 unspecified atom stereocenters. The number of anilines is 1. The van der Waals surface area contributed by atoms with Crippen LogP contribution < -0.4 is 10.9 Å². The maximum atomic E-state index is 13.9. The van der Waals surface area contributed by atoms with E-state index in [-0.39, 0.29) is 40.8 Å². The Kier molecular flexibility index (Phi) is 4.99. The van der Waals surface area contributed by atoms with E-state index in [0.29, 0.717) is 10.9 Å². The van der Waals surface area contributed by atoms with E-state index in [1.165, 1.54) is 29.3 Å². The SMILES string of the molecule is O=C(Cn1cnc2c(cnn2C2CCS(=O)(=O)C2)c1=O)Nc1ccc(Br)cc1F. The highest BCUT2D eigenvalue weighted by atomic mass is 79.9. The molecule has 0 aliphatic carbocycles. The average Bonchev–Trinajstić information content (AvgIpc) is 3.23. The maximum Gasteiger partial charge on any atom is 0.264 e. The zero-order chi connectivity index (χ0) is 20.8. The number of nitrogens with zero attached hydrogens (tertiary/aromatic N) is 4. The molecule has 152 valence electrons. The van der Waals surface area contributed by atoms with Crippen molar-refractivity contribution >= 4 is 48.4 Å². The molecule has 9 nitrogen and oxygen atoms in total. The van der Waals surface area contributed by atoms with Crippen LogP contribution in [0.15, 0.2) is 40.0 Å². The Bertz CT molecular complexity index is 1290. The third-order valence-electron chi connectivity index (χ3n) is 4.65. The van der Waals surface area contributed by atoms with Gasteiger partial charge in [-0.15, -0.1) is 0 Å². The lowest BCUT2D eigenvalue weighted by molar-refractivity contribution is -0.116. The molecule has 2 aromatic heterocycles. The van der Waals surface area contributed by atoms with Crippen molar-refractivity contribution in [2.45, 2.75) is 19.0 Å². The minimum absolute atomic E-state index is 0.00412. The number of benzene rings is 1. The molecule has 1 aliphatic heterocycles. The first-order valence-corrected chi connectivity index (χ1v) is 11.2. The normalized spacial score (nSPS) is 18.2. The second-order valence-electron chi connectivity index (χ2n) is 6.73. The van der Waals surface area contributed by atoms with Crippen LogP contribution in [0.1, 0.15) is 12.5 Å². The van der Waals surface area contributed by atoms with Gasteiger partial charge in [-0.1, -0.05) is 15.9 Å². The lowest BCUT2D eigenvalue weighted by Crippen LogP contribution is -2.28. The van der Waals surface area contributed by atoms with E-state index < -0.39 is 27.1 Å². The van der Waals surface area contributed by atoms with Crippen molar-refractivity contribution in [3.05, 3.63) is 51.4 Å². The lowest BCUT2D eigenvalue weighted by atomic mass is 10.3. The standard InChI is InChI=1S/C17H15BrFN5O4S/c18-10-1-2-14(13(19)5-10)22-15(25)7-23-9-20-16-12(17(23)26)6-21-24(16)11-3-4-29(27,28)8-11/h1-2,5-6,9,11H,3-4,7-8H2,(H,22,25). The number of fused-ring (bicyclic) bond motifs is 1. The van der Waals surface area contributed by atoms with Crippen LogP contribution in [0.2, 0.25) is 0 Å². The van der Waals surface area contributed by atoms with Gasteiger partial charge >= 0.3 is 0 Å². The highest BCUT2D eigenvalue weighted by Crippen LogP contribution is 2.25. The quantitative estimate of drug-likeness (QED) is 0.600. The van der Waals surface area contributed by atoms with E-state index in [4.69, 9.17) is 0 Å². The second kappa shape index (κ2) is 7.34. The summed E-state index contributed by atoms with van der Waals surface area (Å²) in [6.07, 6.45) is 2.92. The third kappa shape index (κ3) is 3.94. The fourth-order valence-electron chi connectivity index (χ4n) is 3.25. The summed E-state index contributed by atoms with van der Waals surface area (Å²) < 4.78 is 40.3. The molecule has 0 radical (unpaired) electrons. The maximum absolute atomic E-state index is 13.9. The Morgan fingerprint density at radius 3 is 2.86 bits per heavy atom. The first kappa shape index (κ1) is 19.7. The van der Waals surface area contributed by atoms with Crippen LogP contribution in [0.4, 0.5) is 10.1 Å². The fraction of sp³-hybridized carbons (Fsp3) is 0.294. The molecule has 12 heteroatoms. The summed E-state index contributed by atoms with van der Waals surface area (Å²) in [5.41, 5.74) is -0.225. The summed E-state index contributed by atoms with van der Waals surface area (Å²) >= 11 is 3.13. The zero-order valence-corrected chi connectivity index (χ0v) is 17.3. The number of hydrogen-bond donors (Lipinski definition) is 1. The molecule has 0 spiro atoms. The molecule has 4 rings (SSSR count). The smallest absolute Gasteiger partial charge is 0.264 e. The third-order valence-corrected chi connectivity index (χ3v) is 6.90. The van der Waals surface area contributed by atoms with E-state index in [1.807, 2.05) is 0 Å². The van der Waals surface area contributed by atoms with Crippen molar-refractivity contribution in [2.24, 2.45) is 0 Å². The summed E-state index contributed by atoms with van der Waals surface area (Å²) in [5, 5.41) is 6.72. The fourth-order valence-corrected chi connectivity index (χ4v) is 5.28. The van der Waals surface area contributed by atoms with Gasteiger partial charge in [-0.3, -0.25) is 14.2 Å². The number of halogens is 2. The van der Waals surface area contributed by atoms with Crippen molar-refractivity contribution in [1.82, 2.24) is 19.3 Å². The van der Waals surface area contributed by atoms with E-state index in [0.717, 1.165) is 4.57 Å². The molecule has 29 heavy (non-hydrogen) atoms. The van der Waals surface area contributed by atoms with Gasteiger partial charge in [0, 0.05) is 4.47 Å². The Morgan fingerprint density at radius 2 is 2.17 bits per heavy atom. The molecule has 1 aliphatic rings. The summed E-state index contributed by atoms with van der Waals surface area (Å²) in [6, 6.07) is 3.83. The molecule has 1 fully saturated rings. The van der Waals surface area contributed by atoms with Gasteiger partial charge in [-0.25, -0.2) is 22.5 Å². The van der Waals surface area contributed by atoms with Crippen LogP contribution in [0, 0.1) is 5.82 Å². The summed E-state index contributed by atoms with van der Waals surface area (Å²) in [7, 11) is -3.12. The van der Waals surface area contributed by atoms with Gasteiger partial charge in [0.2, 0.25) is 5.91 Å². The minimum Gasteiger partial charge on any atom is -0.322 e. The molecule has 3 aromatic rings. The number of nitrogens with one attached hydrogen (secondary N) is 1. The van der Waals surface area contributed by atoms with Crippen molar-refractivity contribution in [1.29, 1.82) is 0 Å². The van der Waals surface area contributed by atoms with Gasteiger partial charge in [0.15, 0.2) is 15.5 Å². The molecule has 1 aromatic carbocycles. The lowest BCUT2D eigenvalue weighted by Gasteiger charge is -2.10. The van der Waals surface area contributed by atoms with Crippen molar-refractivity contribution in [3.8, 4) is 0 Å². The number of aromatic nitrogens is 4. The Morgan fingerprint density at radius 1 is 1.38 bits per heavy atom. The van der Waals surface area contributed by atoms with E-state index >= 15 is 0 Å². The van der Waals surface area contributed by atoms with Crippen LogP contribution in [0.5, 0.6) is 0 Å². The van der Waals surface area contributed by atoms with Gasteiger partial charge in [-0.05, 0) is 24.6 Å². The van der Waals surface area contributed by atoms with Crippen LogP contribution in [0.25, 0.3) is 11.0 Å².